The lowest BCUT2D eigenvalue weighted by Crippen LogP contribution is -2.08. The molecule has 108 valence electrons. The van der Waals surface area contributed by atoms with Gasteiger partial charge in [0.15, 0.2) is 23.1 Å². The first kappa shape index (κ1) is 14.8. The summed E-state index contributed by atoms with van der Waals surface area (Å²) < 4.78 is 10.3. The number of Topliss-reactive ketones (excluding diaryl/α,β-unsaturated/α-hetero) is 2. The zero-order valence-corrected chi connectivity index (χ0v) is 12.0. The summed E-state index contributed by atoms with van der Waals surface area (Å²) in [6.45, 7) is 0. The number of methoxy groups -OCH3 is 2. The summed E-state index contributed by atoms with van der Waals surface area (Å²) in [7, 11) is 3.03. The molecule has 0 atom stereocenters. The van der Waals surface area contributed by atoms with Gasteiger partial charge in [-0.25, -0.2) is 0 Å². The van der Waals surface area contributed by atoms with E-state index >= 15 is 0 Å². The molecule has 0 N–H and O–H groups in total. The van der Waals surface area contributed by atoms with Crippen LogP contribution < -0.4 is 9.47 Å². The average Bonchev–Trinajstić information content (AvgIpc) is 2.54. The molecule has 2 aromatic carbocycles. The first-order valence-corrected chi connectivity index (χ1v) is 6.49. The van der Waals surface area contributed by atoms with Crippen LogP contribution in [-0.2, 0) is 0 Å². The zero-order chi connectivity index (χ0) is 15.2. The fraction of sp³-hybridized carbons (Fsp3) is 0.176. The van der Waals surface area contributed by atoms with Gasteiger partial charge >= 0.3 is 0 Å². The van der Waals surface area contributed by atoms with Crippen molar-refractivity contribution < 1.29 is 19.1 Å². The number of hydrogen-bond donors (Lipinski definition) is 0. The Morgan fingerprint density at radius 1 is 0.810 bits per heavy atom. The number of benzene rings is 2. The van der Waals surface area contributed by atoms with Crippen molar-refractivity contribution in [3.8, 4) is 11.5 Å². The van der Waals surface area contributed by atoms with E-state index in [1.807, 2.05) is 6.07 Å². The fourth-order valence-corrected chi connectivity index (χ4v) is 1.98. The van der Waals surface area contributed by atoms with E-state index in [4.69, 9.17) is 9.47 Å². The van der Waals surface area contributed by atoms with Crippen molar-refractivity contribution in [3.05, 3.63) is 59.7 Å². The van der Waals surface area contributed by atoms with Crippen LogP contribution in [0.4, 0.5) is 0 Å². The Labute approximate surface area is 123 Å². The molecular formula is C17H16O4. The SMILES string of the molecule is COc1ccc(C(=O)CC(=O)c2ccccc2)cc1OC. The highest BCUT2D eigenvalue weighted by atomic mass is 16.5. The van der Waals surface area contributed by atoms with Crippen molar-refractivity contribution in [2.45, 2.75) is 6.42 Å². The van der Waals surface area contributed by atoms with Crippen LogP contribution in [0.5, 0.6) is 11.5 Å². The van der Waals surface area contributed by atoms with Gasteiger partial charge in [0.05, 0.1) is 20.6 Å². The highest BCUT2D eigenvalue weighted by molar-refractivity contribution is 6.13. The summed E-state index contributed by atoms with van der Waals surface area (Å²) in [5.74, 6) is 0.569. The van der Waals surface area contributed by atoms with E-state index < -0.39 is 0 Å². The fourth-order valence-electron chi connectivity index (χ4n) is 1.98. The standard InChI is InChI=1S/C17H16O4/c1-20-16-9-8-13(10-17(16)21-2)15(19)11-14(18)12-6-4-3-5-7-12/h3-10H,11H2,1-2H3. The topological polar surface area (TPSA) is 52.6 Å². The zero-order valence-electron chi connectivity index (χ0n) is 12.0. The van der Waals surface area contributed by atoms with E-state index in [1.165, 1.54) is 14.2 Å². The summed E-state index contributed by atoms with van der Waals surface area (Å²) in [4.78, 5) is 24.2. The molecule has 4 nitrogen and oxygen atoms in total. The van der Waals surface area contributed by atoms with Gasteiger partial charge in [-0.3, -0.25) is 9.59 Å². The number of ether oxygens (including phenoxy) is 2. The molecule has 0 heterocycles. The summed E-state index contributed by atoms with van der Waals surface area (Å²) >= 11 is 0. The number of rotatable bonds is 6. The van der Waals surface area contributed by atoms with E-state index in [0.29, 0.717) is 22.6 Å². The molecular weight excluding hydrogens is 268 g/mol. The van der Waals surface area contributed by atoms with Crippen molar-refractivity contribution in [1.82, 2.24) is 0 Å². The predicted octanol–water partition coefficient (Wildman–Crippen LogP) is 3.16. The van der Waals surface area contributed by atoms with Crippen LogP contribution in [0.3, 0.4) is 0 Å². The molecule has 0 unspecified atom stereocenters. The molecule has 21 heavy (non-hydrogen) atoms. The third-order valence-corrected chi connectivity index (χ3v) is 3.12. The molecule has 0 aromatic heterocycles. The lowest BCUT2D eigenvalue weighted by Gasteiger charge is -2.09. The van der Waals surface area contributed by atoms with Crippen molar-refractivity contribution in [2.75, 3.05) is 14.2 Å². The predicted molar refractivity (Wildman–Crippen MR) is 79.3 cm³/mol. The smallest absolute Gasteiger partial charge is 0.170 e. The van der Waals surface area contributed by atoms with Crippen LogP contribution in [0.25, 0.3) is 0 Å². The molecule has 2 aromatic rings. The summed E-state index contributed by atoms with van der Waals surface area (Å²) in [6, 6.07) is 13.6. The largest absolute Gasteiger partial charge is 0.493 e. The second-order valence-electron chi connectivity index (χ2n) is 4.46. The van der Waals surface area contributed by atoms with Gasteiger partial charge < -0.3 is 9.47 Å². The van der Waals surface area contributed by atoms with Gasteiger partial charge in [-0.15, -0.1) is 0 Å². The molecule has 0 saturated carbocycles. The second kappa shape index (κ2) is 6.70. The van der Waals surface area contributed by atoms with Crippen molar-refractivity contribution in [1.29, 1.82) is 0 Å². The lowest BCUT2D eigenvalue weighted by atomic mass is 10.0. The number of carbonyl (C=O) groups is 2. The van der Waals surface area contributed by atoms with Crippen LogP contribution in [0.15, 0.2) is 48.5 Å². The van der Waals surface area contributed by atoms with Gasteiger partial charge in [0.25, 0.3) is 0 Å². The first-order valence-electron chi connectivity index (χ1n) is 6.49. The number of carbonyl (C=O) groups excluding carboxylic acids is 2. The van der Waals surface area contributed by atoms with E-state index in [1.54, 1.807) is 42.5 Å². The van der Waals surface area contributed by atoms with Crippen LogP contribution >= 0.6 is 0 Å². The minimum absolute atomic E-state index is 0.167. The summed E-state index contributed by atoms with van der Waals surface area (Å²) in [5, 5.41) is 0. The maximum Gasteiger partial charge on any atom is 0.170 e. The molecule has 2 rings (SSSR count). The van der Waals surface area contributed by atoms with E-state index in [-0.39, 0.29) is 18.0 Å². The Bertz CT molecular complexity index is 647. The Morgan fingerprint density at radius 3 is 2.05 bits per heavy atom. The second-order valence-corrected chi connectivity index (χ2v) is 4.46. The van der Waals surface area contributed by atoms with Crippen LogP contribution in [0, 0.1) is 0 Å². The minimum atomic E-state index is -0.246. The van der Waals surface area contributed by atoms with Crippen LogP contribution in [0.1, 0.15) is 27.1 Å². The highest BCUT2D eigenvalue weighted by Crippen LogP contribution is 2.28. The molecule has 0 aliphatic heterocycles. The van der Waals surface area contributed by atoms with Gasteiger partial charge in [0.2, 0.25) is 0 Å². The maximum absolute atomic E-state index is 12.2. The number of ketones is 2. The quantitative estimate of drug-likeness (QED) is 0.604. The van der Waals surface area contributed by atoms with Crippen LogP contribution in [-0.4, -0.2) is 25.8 Å². The molecule has 0 aliphatic carbocycles. The maximum atomic E-state index is 12.2. The molecule has 0 bridgehead atoms. The van der Waals surface area contributed by atoms with E-state index in [0.717, 1.165) is 0 Å². The van der Waals surface area contributed by atoms with Gasteiger partial charge in [0, 0.05) is 11.1 Å². The number of hydrogen-bond acceptors (Lipinski definition) is 4. The summed E-state index contributed by atoms with van der Waals surface area (Å²) in [6.07, 6.45) is -0.167. The molecule has 0 aliphatic rings. The summed E-state index contributed by atoms with van der Waals surface area (Å²) in [5.41, 5.74) is 0.961. The molecule has 0 spiro atoms. The normalized spacial score (nSPS) is 10.0. The Kier molecular flexibility index (Phi) is 4.72. The van der Waals surface area contributed by atoms with E-state index in [9.17, 15) is 9.59 Å². The van der Waals surface area contributed by atoms with Crippen molar-refractivity contribution >= 4 is 11.6 Å². The van der Waals surface area contributed by atoms with Gasteiger partial charge in [-0.2, -0.15) is 0 Å². The van der Waals surface area contributed by atoms with Crippen LogP contribution in [0.2, 0.25) is 0 Å². The molecule has 0 fully saturated rings. The minimum Gasteiger partial charge on any atom is -0.493 e. The molecule has 0 radical (unpaired) electrons. The van der Waals surface area contributed by atoms with Gasteiger partial charge in [-0.1, -0.05) is 30.3 Å². The van der Waals surface area contributed by atoms with Gasteiger partial charge in [0.1, 0.15) is 0 Å². The monoisotopic (exact) mass is 284 g/mol. The van der Waals surface area contributed by atoms with Crippen molar-refractivity contribution in [2.24, 2.45) is 0 Å². The third-order valence-electron chi connectivity index (χ3n) is 3.12. The Balaban J connectivity index is 2.15. The Morgan fingerprint density at radius 2 is 1.43 bits per heavy atom. The van der Waals surface area contributed by atoms with Crippen molar-refractivity contribution in [3.63, 3.8) is 0 Å². The molecule has 4 heteroatoms. The van der Waals surface area contributed by atoms with Gasteiger partial charge in [-0.05, 0) is 18.2 Å². The lowest BCUT2D eigenvalue weighted by molar-refractivity contribution is 0.0894. The average molecular weight is 284 g/mol. The molecule has 0 amide bonds. The highest BCUT2D eigenvalue weighted by Gasteiger charge is 2.15. The third kappa shape index (κ3) is 3.48. The first-order chi connectivity index (χ1) is 10.2. The Hall–Kier alpha value is -2.62. The molecule has 0 saturated heterocycles. The van der Waals surface area contributed by atoms with E-state index in [2.05, 4.69) is 0 Å².